The van der Waals surface area contributed by atoms with Gasteiger partial charge in [0.1, 0.15) is 11.6 Å². The van der Waals surface area contributed by atoms with Crippen LogP contribution < -0.4 is 10.1 Å². The molecule has 0 atom stereocenters. The van der Waals surface area contributed by atoms with Gasteiger partial charge in [0.25, 0.3) is 0 Å². The number of methoxy groups -OCH3 is 1. The zero-order chi connectivity index (χ0) is 23.3. The standard InChI is InChI=1S/C28H25N5O/c1-20-18-33(19-30-20)26-13-11-24(16-27(26)34-2)25-12-14-28(32-31-25)29-17-21-7-6-10-23(15-21)22-8-4-3-5-9-22/h3-16,18-19H,17H2,1-2H3,(H,29,32). The fourth-order valence-electron chi connectivity index (χ4n) is 3.87. The van der Waals surface area contributed by atoms with Crippen molar-refractivity contribution < 1.29 is 4.74 Å². The molecule has 0 saturated heterocycles. The fraction of sp³-hybridized carbons (Fsp3) is 0.107. The SMILES string of the molecule is COc1cc(-c2ccc(NCc3cccc(-c4ccccc4)c3)nn2)ccc1-n1cnc(C)c1. The first-order valence-electron chi connectivity index (χ1n) is 11.1. The summed E-state index contributed by atoms with van der Waals surface area (Å²) in [7, 11) is 1.66. The van der Waals surface area contributed by atoms with Gasteiger partial charge in [-0.25, -0.2) is 4.98 Å². The first kappa shape index (κ1) is 21.4. The lowest BCUT2D eigenvalue weighted by molar-refractivity contribution is 0.413. The van der Waals surface area contributed by atoms with E-state index in [2.05, 4.69) is 69.0 Å². The molecule has 1 N–H and O–H groups in total. The Balaban J connectivity index is 1.29. The van der Waals surface area contributed by atoms with Crippen LogP contribution in [0.5, 0.6) is 5.75 Å². The van der Waals surface area contributed by atoms with Crippen molar-refractivity contribution in [3.63, 3.8) is 0 Å². The van der Waals surface area contributed by atoms with Crippen molar-refractivity contribution in [2.75, 3.05) is 12.4 Å². The minimum Gasteiger partial charge on any atom is -0.495 e. The molecule has 0 radical (unpaired) electrons. The Morgan fingerprint density at radius 2 is 1.68 bits per heavy atom. The Kier molecular flexibility index (Phi) is 6.03. The van der Waals surface area contributed by atoms with E-state index in [0.717, 1.165) is 34.2 Å². The summed E-state index contributed by atoms with van der Waals surface area (Å²) in [4.78, 5) is 4.30. The van der Waals surface area contributed by atoms with Crippen LogP contribution in [0.1, 0.15) is 11.3 Å². The molecule has 2 aromatic heterocycles. The number of benzene rings is 3. The first-order chi connectivity index (χ1) is 16.7. The zero-order valence-electron chi connectivity index (χ0n) is 19.1. The van der Waals surface area contributed by atoms with Gasteiger partial charge in [-0.15, -0.1) is 10.2 Å². The largest absolute Gasteiger partial charge is 0.495 e. The predicted octanol–water partition coefficient (Wildman–Crippen LogP) is 5.93. The summed E-state index contributed by atoms with van der Waals surface area (Å²) < 4.78 is 7.56. The maximum atomic E-state index is 5.61. The topological polar surface area (TPSA) is 64.9 Å². The summed E-state index contributed by atoms with van der Waals surface area (Å²) in [5.74, 6) is 1.48. The Morgan fingerprint density at radius 1 is 0.824 bits per heavy atom. The number of rotatable bonds is 7. The second-order valence-corrected chi connectivity index (χ2v) is 8.03. The van der Waals surface area contributed by atoms with Crippen molar-refractivity contribution >= 4 is 5.82 Å². The highest BCUT2D eigenvalue weighted by molar-refractivity contribution is 5.66. The average molecular weight is 448 g/mol. The lowest BCUT2D eigenvalue weighted by Gasteiger charge is -2.11. The Morgan fingerprint density at radius 3 is 2.41 bits per heavy atom. The third-order valence-electron chi connectivity index (χ3n) is 5.64. The van der Waals surface area contributed by atoms with Gasteiger partial charge in [-0.2, -0.15) is 0 Å². The Hall–Kier alpha value is -4.45. The molecule has 5 aromatic rings. The summed E-state index contributed by atoms with van der Waals surface area (Å²) >= 11 is 0. The van der Waals surface area contributed by atoms with E-state index < -0.39 is 0 Å². The van der Waals surface area contributed by atoms with Gasteiger partial charge in [0, 0.05) is 18.3 Å². The number of hydrogen-bond acceptors (Lipinski definition) is 5. The monoisotopic (exact) mass is 447 g/mol. The molecule has 5 rings (SSSR count). The summed E-state index contributed by atoms with van der Waals surface area (Å²) in [6.45, 7) is 2.63. The maximum Gasteiger partial charge on any atom is 0.148 e. The van der Waals surface area contributed by atoms with Crippen molar-refractivity contribution in [2.24, 2.45) is 0 Å². The third kappa shape index (κ3) is 4.66. The van der Waals surface area contributed by atoms with Crippen LogP contribution in [-0.2, 0) is 6.54 Å². The van der Waals surface area contributed by atoms with Gasteiger partial charge in [0.2, 0.25) is 0 Å². The average Bonchev–Trinajstić information content (AvgIpc) is 3.34. The van der Waals surface area contributed by atoms with E-state index in [1.54, 1.807) is 13.4 Å². The molecule has 168 valence electrons. The number of nitrogens with one attached hydrogen (secondary N) is 1. The zero-order valence-corrected chi connectivity index (χ0v) is 19.1. The maximum absolute atomic E-state index is 5.61. The first-order valence-corrected chi connectivity index (χ1v) is 11.1. The molecule has 2 heterocycles. The van der Waals surface area contributed by atoms with Crippen molar-refractivity contribution in [2.45, 2.75) is 13.5 Å². The van der Waals surface area contributed by atoms with Crippen LogP contribution in [0.4, 0.5) is 5.82 Å². The van der Waals surface area contributed by atoms with Crippen molar-refractivity contribution in [1.82, 2.24) is 19.7 Å². The van der Waals surface area contributed by atoms with Gasteiger partial charge in [-0.1, -0.05) is 54.6 Å². The summed E-state index contributed by atoms with van der Waals surface area (Å²) in [6.07, 6.45) is 3.75. The molecular weight excluding hydrogens is 422 g/mol. The van der Waals surface area contributed by atoms with Crippen LogP contribution in [0.15, 0.2) is 97.5 Å². The van der Waals surface area contributed by atoms with E-state index in [0.29, 0.717) is 6.54 Å². The molecular formula is C28H25N5O. The Bertz CT molecular complexity index is 1390. The third-order valence-corrected chi connectivity index (χ3v) is 5.64. The second kappa shape index (κ2) is 9.58. The number of nitrogens with zero attached hydrogens (tertiary/aromatic N) is 4. The van der Waals surface area contributed by atoms with Crippen LogP contribution in [0.25, 0.3) is 28.1 Å². The minimum absolute atomic E-state index is 0.668. The fourth-order valence-corrected chi connectivity index (χ4v) is 3.87. The van der Waals surface area contributed by atoms with Crippen LogP contribution in [0.2, 0.25) is 0 Å². The molecule has 6 nitrogen and oxygen atoms in total. The molecule has 0 spiro atoms. The van der Waals surface area contributed by atoms with E-state index in [1.807, 2.05) is 54.1 Å². The minimum atomic E-state index is 0.668. The van der Waals surface area contributed by atoms with Gasteiger partial charge < -0.3 is 14.6 Å². The highest BCUT2D eigenvalue weighted by Crippen LogP contribution is 2.29. The molecule has 0 aliphatic carbocycles. The Labute approximate surface area is 198 Å². The molecule has 3 aromatic carbocycles. The van der Waals surface area contributed by atoms with E-state index in [1.165, 1.54) is 16.7 Å². The number of ether oxygens (including phenoxy) is 1. The van der Waals surface area contributed by atoms with Gasteiger partial charge >= 0.3 is 0 Å². The summed E-state index contributed by atoms with van der Waals surface area (Å²) in [5, 5.41) is 12.2. The van der Waals surface area contributed by atoms with Crippen molar-refractivity contribution in [1.29, 1.82) is 0 Å². The normalized spacial score (nSPS) is 10.8. The van der Waals surface area contributed by atoms with Crippen LogP contribution >= 0.6 is 0 Å². The molecule has 0 saturated carbocycles. The van der Waals surface area contributed by atoms with Crippen LogP contribution in [-0.4, -0.2) is 26.9 Å². The van der Waals surface area contributed by atoms with Gasteiger partial charge in [0.05, 0.1) is 30.5 Å². The summed E-state index contributed by atoms with van der Waals surface area (Å²) in [5.41, 5.74) is 7.18. The lowest BCUT2D eigenvalue weighted by Crippen LogP contribution is -2.03. The van der Waals surface area contributed by atoms with Crippen LogP contribution in [0, 0.1) is 6.92 Å². The second-order valence-electron chi connectivity index (χ2n) is 8.03. The molecule has 0 unspecified atom stereocenters. The smallest absolute Gasteiger partial charge is 0.148 e. The van der Waals surface area contributed by atoms with Crippen molar-refractivity contribution in [3.8, 4) is 33.8 Å². The number of aromatic nitrogens is 4. The molecule has 0 aliphatic rings. The van der Waals surface area contributed by atoms with E-state index in [4.69, 9.17) is 4.74 Å². The number of imidazole rings is 1. The van der Waals surface area contributed by atoms with Crippen LogP contribution in [0.3, 0.4) is 0 Å². The molecule has 0 bridgehead atoms. The quantitative estimate of drug-likeness (QED) is 0.335. The van der Waals surface area contributed by atoms with E-state index in [9.17, 15) is 0 Å². The number of aryl methyl sites for hydroxylation is 1. The van der Waals surface area contributed by atoms with Gasteiger partial charge in [-0.3, -0.25) is 0 Å². The highest BCUT2D eigenvalue weighted by atomic mass is 16.5. The van der Waals surface area contributed by atoms with Crippen molar-refractivity contribution in [3.05, 3.63) is 109 Å². The van der Waals surface area contributed by atoms with Gasteiger partial charge in [-0.05, 0) is 53.9 Å². The predicted molar refractivity (Wildman–Crippen MR) is 135 cm³/mol. The molecule has 0 fully saturated rings. The number of hydrogen-bond donors (Lipinski definition) is 1. The van der Waals surface area contributed by atoms with E-state index in [-0.39, 0.29) is 0 Å². The number of anilines is 1. The molecule has 6 heteroatoms. The van der Waals surface area contributed by atoms with Gasteiger partial charge in [0.15, 0.2) is 0 Å². The van der Waals surface area contributed by atoms with E-state index >= 15 is 0 Å². The lowest BCUT2D eigenvalue weighted by atomic mass is 10.0. The summed E-state index contributed by atoms with van der Waals surface area (Å²) in [6, 6.07) is 28.8. The molecule has 34 heavy (non-hydrogen) atoms. The molecule has 0 aliphatic heterocycles. The molecule has 0 amide bonds. The highest BCUT2D eigenvalue weighted by Gasteiger charge is 2.10.